The van der Waals surface area contributed by atoms with Crippen molar-refractivity contribution in [2.45, 2.75) is 31.7 Å². The van der Waals surface area contributed by atoms with Crippen LogP contribution in [0.15, 0.2) is 28.4 Å². The molecule has 2 atom stereocenters. The van der Waals surface area contributed by atoms with Crippen LogP contribution in [0, 0.1) is 18.3 Å². The van der Waals surface area contributed by atoms with Gasteiger partial charge in [-0.1, -0.05) is 36.0 Å². The van der Waals surface area contributed by atoms with Crippen molar-refractivity contribution in [2.24, 2.45) is 16.1 Å². The van der Waals surface area contributed by atoms with E-state index in [0.29, 0.717) is 21.3 Å². The molecular weight excluding hydrogens is 333 g/mol. The minimum atomic E-state index is -0.435. The number of aromatic nitrogens is 1. The van der Waals surface area contributed by atoms with Gasteiger partial charge < -0.3 is 4.98 Å². The third-order valence-electron chi connectivity index (χ3n) is 4.12. The van der Waals surface area contributed by atoms with Crippen LogP contribution >= 0.6 is 23.2 Å². The molecule has 1 aromatic carbocycles. The summed E-state index contributed by atoms with van der Waals surface area (Å²) in [4.78, 5) is 15.2. The second-order valence-electron chi connectivity index (χ2n) is 5.68. The molecule has 0 saturated heterocycles. The number of carbonyl (C=O) groups is 1. The third-order valence-corrected chi connectivity index (χ3v) is 4.65. The van der Waals surface area contributed by atoms with Crippen molar-refractivity contribution in [3.8, 4) is 12.3 Å². The van der Waals surface area contributed by atoms with E-state index in [0.717, 1.165) is 31.1 Å². The first kappa shape index (κ1) is 16.0. The highest BCUT2D eigenvalue weighted by atomic mass is 35.5. The van der Waals surface area contributed by atoms with Crippen LogP contribution in [0.1, 0.15) is 36.2 Å². The molecule has 0 spiro atoms. The molecule has 1 aromatic heterocycles. The average molecular weight is 348 g/mol. The average Bonchev–Trinajstić information content (AvgIpc) is 2.97. The fourth-order valence-corrected chi connectivity index (χ4v) is 3.45. The molecule has 2 unspecified atom stereocenters. The summed E-state index contributed by atoms with van der Waals surface area (Å²) in [6, 6.07) is 4.94. The molecule has 23 heavy (non-hydrogen) atoms. The number of amides is 1. The molecule has 1 aliphatic carbocycles. The molecule has 6 heteroatoms. The van der Waals surface area contributed by atoms with E-state index < -0.39 is 5.91 Å². The van der Waals surface area contributed by atoms with Crippen molar-refractivity contribution < 1.29 is 4.79 Å². The van der Waals surface area contributed by atoms with Gasteiger partial charge in [-0.05, 0) is 31.0 Å². The third kappa shape index (κ3) is 3.41. The Kier molecular flexibility index (Phi) is 4.70. The standard InChI is InChI=1S/C17H15Cl2N3O/c1-2-10-5-3-4-6-14(10)21-22-17(23)16-9-12-13(19)7-11(18)8-15(12)20-16/h1,7-10,14,20H,3-6H2. The lowest BCUT2D eigenvalue weighted by Gasteiger charge is -2.22. The molecule has 1 aliphatic rings. The van der Waals surface area contributed by atoms with Gasteiger partial charge in [0.15, 0.2) is 0 Å². The van der Waals surface area contributed by atoms with Gasteiger partial charge in [-0.15, -0.1) is 17.5 Å². The maximum absolute atomic E-state index is 12.2. The first-order chi connectivity index (χ1) is 11.1. The van der Waals surface area contributed by atoms with Crippen LogP contribution in [0.25, 0.3) is 10.9 Å². The van der Waals surface area contributed by atoms with E-state index in [2.05, 4.69) is 21.1 Å². The fraction of sp³-hybridized carbons (Fsp3) is 0.353. The summed E-state index contributed by atoms with van der Waals surface area (Å²) >= 11 is 12.1. The highest BCUT2D eigenvalue weighted by Crippen LogP contribution is 2.29. The van der Waals surface area contributed by atoms with Crippen LogP contribution in [0.2, 0.25) is 10.0 Å². The molecule has 118 valence electrons. The number of nitrogens with zero attached hydrogens (tertiary/aromatic N) is 2. The zero-order valence-electron chi connectivity index (χ0n) is 12.4. The highest BCUT2D eigenvalue weighted by Gasteiger charge is 2.23. The summed E-state index contributed by atoms with van der Waals surface area (Å²) in [6.07, 6.45) is 9.51. The minimum absolute atomic E-state index is 0.0660. The van der Waals surface area contributed by atoms with Crippen LogP contribution in [0.5, 0.6) is 0 Å². The van der Waals surface area contributed by atoms with Gasteiger partial charge in [-0.3, -0.25) is 4.79 Å². The van der Waals surface area contributed by atoms with Crippen molar-refractivity contribution in [3.05, 3.63) is 33.9 Å². The first-order valence-corrected chi connectivity index (χ1v) is 8.23. The lowest BCUT2D eigenvalue weighted by atomic mass is 9.86. The number of carbonyl (C=O) groups excluding carboxylic acids is 1. The predicted octanol–water partition coefficient (Wildman–Crippen LogP) is 5.26. The van der Waals surface area contributed by atoms with Crippen LogP contribution in [0.3, 0.4) is 0 Å². The Bertz CT molecular complexity index is 819. The first-order valence-electron chi connectivity index (χ1n) is 7.47. The number of nitrogens with one attached hydrogen (secondary N) is 1. The zero-order chi connectivity index (χ0) is 16.4. The molecule has 0 bridgehead atoms. The summed E-state index contributed by atoms with van der Waals surface area (Å²) in [5.74, 6) is 2.38. The quantitative estimate of drug-likeness (QED) is 0.584. The predicted molar refractivity (Wildman–Crippen MR) is 92.1 cm³/mol. The largest absolute Gasteiger partial charge is 0.350 e. The number of hydrogen-bond acceptors (Lipinski definition) is 2. The molecule has 2 aromatic rings. The number of H-pyrrole nitrogens is 1. The Morgan fingerprint density at radius 2 is 2.04 bits per heavy atom. The summed E-state index contributed by atoms with van der Waals surface area (Å²) in [5, 5.41) is 9.74. The van der Waals surface area contributed by atoms with Gasteiger partial charge in [0, 0.05) is 21.8 Å². The number of hydrogen-bond donors (Lipinski definition) is 1. The van der Waals surface area contributed by atoms with E-state index in [1.807, 2.05) is 0 Å². The summed E-state index contributed by atoms with van der Waals surface area (Å²) in [6.45, 7) is 0. The Hall–Kier alpha value is -1.83. The van der Waals surface area contributed by atoms with Crippen molar-refractivity contribution in [1.29, 1.82) is 0 Å². The number of terminal acetylenes is 1. The Morgan fingerprint density at radius 1 is 1.26 bits per heavy atom. The SMILES string of the molecule is C#CC1CCCCC1N=NC(=O)c1cc2c(Cl)cc(Cl)cc2[nH]1. The van der Waals surface area contributed by atoms with Crippen LogP contribution in [-0.2, 0) is 0 Å². The Labute approximate surface area is 144 Å². The number of rotatable bonds is 2. The normalized spacial score (nSPS) is 21.6. The second-order valence-corrected chi connectivity index (χ2v) is 6.52. The molecule has 1 saturated carbocycles. The van der Waals surface area contributed by atoms with Crippen LogP contribution in [-0.4, -0.2) is 16.9 Å². The lowest BCUT2D eigenvalue weighted by molar-refractivity contribution is 0.0986. The number of benzene rings is 1. The molecule has 0 aliphatic heterocycles. The molecule has 0 radical (unpaired) electrons. The second kappa shape index (κ2) is 6.74. The molecule has 3 rings (SSSR count). The van der Waals surface area contributed by atoms with Crippen molar-refractivity contribution >= 4 is 40.0 Å². The number of azo groups is 1. The highest BCUT2D eigenvalue weighted by molar-refractivity contribution is 6.38. The topological polar surface area (TPSA) is 57.6 Å². The number of halogens is 2. The van der Waals surface area contributed by atoms with Gasteiger partial charge in [0.2, 0.25) is 0 Å². The summed E-state index contributed by atoms with van der Waals surface area (Å²) < 4.78 is 0. The number of fused-ring (bicyclic) bond motifs is 1. The van der Waals surface area contributed by atoms with Gasteiger partial charge in [-0.25, -0.2) is 0 Å². The van der Waals surface area contributed by atoms with Crippen molar-refractivity contribution in [3.63, 3.8) is 0 Å². The van der Waals surface area contributed by atoms with Gasteiger partial charge in [-0.2, -0.15) is 5.11 Å². The molecule has 4 nitrogen and oxygen atoms in total. The molecule has 1 heterocycles. The fourth-order valence-electron chi connectivity index (χ4n) is 2.90. The van der Waals surface area contributed by atoms with E-state index in [1.54, 1.807) is 18.2 Å². The van der Waals surface area contributed by atoms with E-state index in [4.69, 9.17) is 29.6 Å². The minimum Gasteiger partial charge on any atom is -0.350 e. The molecule has 1 fully saturated rings. The van der Waals surface area contributed by atoms with Gasteiger partial charge in [0.1, 0.15) is 5.69 Å². The monoisotopic (exact) mass is 347 g/mol. The maximum atomic E-state index is 12.2. The van der Waals surface area contributed by atoms with Gasteiger partial charge in [0.25, 0.3) is 0 Å². The van der Waals surface area contributed by atoms with Gasteiger partial charge in [0.05, 0.1) is 11.1 Å². The van der Waals surface area contributed by atoms with E-state index in [1.165, 1.54) is 0 Å². The Morgan fingerprint density at radius 3 is 2.83 bits per heavy atom. The van der Waals surface area contributed by atoms with Crippen molar-refractivity contribution in [2.75, 3.05) is 0 Å². The van der Waals surface area contributed by atoms with E-state index in [9.17, 15) is 4.79 Å². The molecule has 1 N–H and O–H groups in total. The smallest absolute Gasteiger partial charge is 0.311 e. The number of aromatic amines is 1. The lowest BCUT2D eigenvalue weighted by Crippen LogP contribution is -2.21. The van der Waals surface area contributed by atoms with Crippen LogP contribution < -0.4 is 0 Å². The van der Waals surface area contributed by atoms with E-state index >= 15 is 0 Å². The van der Waals surface area contributed by atoms with Gasteiger partial charge >= 0.3 is 5.91 Å². The molecular formula is C17H15Cl2N3O. The Balaban J connectivity index is 1.82. The molecule has 1 amide bonds. The van der Waals surface area contributed by atoms with Crippen molar-refractivity contribution in [1.82, 2.24) is 4.98 Å². The van der Waals surface area contributed by atoms with Crippen LogP contribution in [0.4, 0.5) is 0 Å². The van der Waals surface area contributed by atoms with E-state index in [-0.39, 0.29) is 12.0 Å². The summed E-state index contributed by atoms with van der Waals surface area (Å²) in [5.41, 5.74) is 1.03. The summed E-state index contributed by atoms with van der Waals surface area (Å²) in [7, 11) is 0. The maximum Gasteiger partial charge on any atom is 0.311 e. The zero-order valence-corrected chi connectivity index (χ0v) is 13.9.